The molecule has 0 aliphatic heterocycles. The third-order valence-electron chi connectivity index (χ3n) is 2.15. The van der Waals surface area contributed by atoms with Crippen LogP contribution in [-0.2, 0) is 22.1 Å². The normalized spacial score (nSPS) is 13.9. The summed E-state index contributed by atoms with van der Waals surface area (Å²) in [6, 6.07) is 0.0756. The van der Waals surface area contributed by atoms with E-state index < -0.39 is 22.2 Å². The van der Waals surface area contributed by atoms with Gasteiger partial charge in [-0.25, -0.2) is 0 Å². The van der Waals surface area contributed by atoms with Crippen LogP contribution in [0.25, 0.3) is 0 Å². The lowest BCUT2D eigenvalue weighted by Crippen LogP contribution is -2.41. The van der Waals surface area contributed by atoms with Crippen molar-refractivity contribution in [3.8, 4) is 0 Å². The minimum absolute atomic E-state index is 0.253. The van der Waals surface area contributed by atoms with Crippen molar-refractivity contribution in [2.75, 3.05) is 14.1 Å². The SMILES string of the molecule is CN(C)S(=O)(=O)NC(C(=O)O)c1ccnn1C. The standard InChI is InChI=1S/C8H14N4O4S/c1-11(2)17(15,16)10-7(8(13)14)6-4-5-9-12(6)3/h4-5,7,10H,1-3H3,(H,13,14). The summed E-state index contributed by atoms with van der Waals surface area (Å²) in [5.74, 6) is -1.29. The number of carbonyl (C=O) groups is 1. The Morgan fingerprint density at radius 1 is 1.59 bits per heavy atom. The molecule has 8 nitrogen and oxygen atoms in total. The number of hydrogen-bond acceptors (Lipinski definition) is 4. The largest absolute Gasteiger partial charge is 0.480 e. The second-order valence-electron chi connectivity index (χ2n) is 3.56. The quantitative estimate of drug-likeness (QED) is 0.704. The molecule has 0 saturated heterocycles. The van der Waals surface area contributed by atoms with E-state index in [1.54, 1.807) is 0 Å². The number of nitrogens with one attached hydrogen (secondary N) is 1. The van der Waals surface area contributed by atoms with Gasteiger partial charge in [-0.15, -0.1) is 0 Å². The first-order chi connectivity index (χ1) is 7.75. The molecule has 1 atom stereocenters. The molecule has 1 aromatic heterocycles. The zero-order chi connectivity index (χ0) is 13.2. The average molecular weight is 262 g/mol. The first kappa shape index (κ1) is 13.6. The molecule has 1 unspecified atom stereocenters. The van der Waals surface area contributed by atoms with E-state index in [2.05, 4.69) is 9.82 Å². The second kappa shape index (κ2) is 4.82. The average Bonchev–Trinajstić information content (AvgIpc) is 2.60. The van der Waals surface area contributed by atoms with Gasteiger partial charge in [-0.2, -0.15) is 22.5 Å². The number of rotatable bonds is 5. The van der Waals surface area contributed by atoms with Gasteiger partial charge in [0.2, 0.25) is 0 Å². The number of carboxylic acids is 1. The highest BCUT2D eigenvalue weighted by Gasteiger charge is 2.28. The molecule has 0 spiro atoms. The molecule has 0 amide bonds. The molecule has 1 aromatic rings. The third kappa shape index (κ3) is 3.02. The van der Waals surface area contributed by atoms with Gasteiger partial charge in [0.1, 0.15) is 0 Å². The van der Waals surface area contributed by atoms with Gasteiger partial charge in [0.25, 0.3) is 10.2 Å². The Morgan fingerprint density at radius 3 is 2.53 bits per heavy atom. The summed E-state index contributed by atoms with van der Waals surface area (Å²) in [6.45, 7) is 0. The minimum Gasteiger partial charge on any atom is -0.480 e. The van der Waals surface area contributed by atoms with Crippen LogP contribution in [0.2, 0.25) is 0 Å². The van der Waals surface area contributed by atoms with E-state index in [1.807, 2.05) is 0 Å². The third-order valence-corrected chi connectivity index (χ3v) is 3.64. The van der Waals surface area contributed by atoms with E-state index in [1.165, 1.54) is 38.1 Å². The number of carboxylic acid groups (broad SMARTS) is 1. The molecular formula is C8H14N4O4S. The first-order valence-electron chi connectivity index (χ1n) is 4.66. The van der Waals surface area contributed by atoms with E-state index in [4.69, 9.17) is 5.11 Å². The summed E-state index contributed by atoms with van der Waals surface area (Å²) in [5, 5.41) is 12.8. The fourth-order valence-corrected chi connectivity index (χ4v) is 1.89. The fraction of sp³-hybridized carbons (Fsp3) is 0.500. The van der Waals surface area contributed by atoms with E-state index in [-0.39, 0.29) is 5.69 Å². The van der Waals surface area contributed by atoms with Crippen LogP contribution in [0.3, 0.4) is 0 Å². The second-order valence-corrected chi connectivity index (χ2v) is 5.47. The Morgan fingerprint density at radius 2 is 2.18 bits per heavy atom. The fourth-order valence-electron chi connectivity index (χ4n) is 1.16. The molecule has 0 fully saturated rings. The minimum atomic E-state index is -3.82. The molecule has 0 aliphatic carbocycles. The maximum atomic E-state index is 11.6. The summed E-state index contributed by atoms with van der Waals surface area (Å²) in [5.41, 5.74) is 0.253. The highest BCUT2D eigenvalue weighted by Crippen LogP contribution is 2.13. The van der Waals surface area contributed by atoms with Crippen LogP contribution in [0.5, 0.6) is 0 Å². The molecule has 0 bridgehead atoms. The summed E-state index contributed by atoms with van der Waals surface area (Å²) >= 11 is 0. The van der Waals surface area contributed by atoms with Crippen molar-refractivity contribution in [3.05, 3.63) is 18.0 Å². The van der Waals surface area contributed by atoms with Crippen LogP contribution in [0, 0.1) is 0 Å². The van der Waals surface area contributed by atoms with Gasteiger partial charge in [0, 0.05) is 27.3 Å². The summed E-state index contributed by atoms with van der Waals surface area (Å²) < 4.78 is 27.4. The number of aryl methyl sites for hydroxylation is 1. The summed E-state index contributed by atoms with van der Waals surface area (Å²) in [4.78, 5) is 11.1. The van der Waals surface area contributed by atoms with Crippen molar-refractivity contribution < 1.29 is 18.3 Å². The van der Waals surface area contributed by atoms with Crippen LogP contribution >= 0.6 is 0 Å². The van der Waals surface area contributed by atoms with Crippen LogP contribution in [0.15, 0.2) is 12.3 Å². The predicted octanol–water partition coefficient (Wildman–Crippen LogP) is -1.06. The molecule has 0 aliphatic rings. The highest BCUT2D eigenvalue weighted by molar-refractivity contribution is 7.87. The van der Waals surface area contributed by atoms with Crippen molar-refractivity contribution in [1.82, 2.24) is 18.8 Å². The lowest BCUT2D eigenvalue weighted by Gasteiger charge is -2.18. The van der Waals surface area contributed by atoms with E-state index in [9.17, 15) is 13.2 Å². The first-order valence-corrected chi connectivity index (χ1v) is 6.10. The Labute approximate surface area is 99.0 Å². The van der Waals surface area contributed by atoms with E-state index in [0.29, 0.717) is 0 Å². The van der Waals surface area contributed by atoms with Crippen molar-refractivity contribution in [1.29, 1.82) is 0 Å². The van der Waals surface area contributed by atoms with Crippen LogP contribution in [0.1, 0.15) is 11.7 Å². The smallest absolute Gasteiger partial charge is 0.327 e. The molecule has 1 rings (SSSR count). The van der Waals surface area contributed by atoms with Gasteiger partial charge in [-0.1, -0.05) is 0 Å². The maximum absolute atomic E-state index is 11.6. The van der Waals surface area contributed by atoms with Gasteiger partial charge in [-0.3, -0.25) is 9.48 Å². The van der Waals surface area contributed by atoms with Gasteiger partial charge in [-0.05, 0) is 6.07 Å². The van der Waals surface area contributed by atoms with E-state index >= 15 is 0 Å². The molecule has 2 N–H and O–H groups in total. The Bertz CT molecular complexity index is 507. The molecule has 17 heavy (non-hydrogen) atoms. The van der Waals surface area contributed by atoms with Gasteiger partial charge >= 0.3 is 5.97 Å². The summed E-state index contributed by atoms with van der Waals surface area (Å²) in [7, 11) is 0.333. The lowest BCUT2D eigenvalue weighted by molar-refractivity contribution is -0.139. The molecule has 96 valence electrons. The van der Waals surface area contributed by atoms with Crippen LogP contribution < -0.4 is 4.72 Å². The zero-order valence-electron chi connectivity index (χ0n) is 9.65. The zero-order valence-corrected chi connectivity index (χ0v) is 10.5. The van der Waals surface area contributed by atoms with Crippen molar-refractivity contribution >= 4 is 16.2 Å². The van der Waals surface area contributed by atoms with Gasteiger partial charge < -0.3 is 5.11 Å². The lowest BCUT2D eigenvalue weighted by atomic mass is 10.2. The summed E-state index contributed by atoms with van der Waals surface area (Å²) in [6.07, 6.45) is 1.40. The number of hydrogen-bond donors (Lipinski definition) is 2. The highest BCUT2D eigenvalue weighted by atomic mass is 32.2. The molecule has 1 heterocycles. The van der Waals surface area contributed by atoms with Gasteiger partial charge in [0.15, 0.2) is 6.04 Å². The van der Waals surface area contributed by atoms with Crippen LogP contribution in [-0.4, -0.2) is 47.7 Å². The van der Waals surface area contributed by atoms with E-state index in [0.717, 1.165) is 4.31 Å². The Hall–Kier alpha value is -1.45. The molecule has 9 heteroatoms. The molecular weight excluding hydrogens is 248 g/mol. The van der Waals surface area contributed by atoms with Crippen LogP contribution in [0.4, 0.5) is 0 Å². The Balaban J connectivity index is 3.06. The topological polar surface area (TPSA) is 105 Å². The monoisotopic (exact) mass is 262 g/mol. The molecule has 0 aromatic carbocycles. The maximum Gasteiger partial charge on any atom is 0.327 e. The predicted molar refractivity (Wildman–Crippen MR) is 59.3 cm³/mol. The number of nitrogens with zero attached hydrogens (tertiary/aromatic N) is 3. The Kier molecular flexibility index (Phi) is 3.86. The number of aliphatic carboxylic acids is 1. The van der Waals surface area contributed by atoms with Crippen molar-refractivity contribution in [3.63, 3.8) is 0 Å². The van der Waals surface area contributed by atoms with Gasteiger partial charge in [0.05, 0.1) is 5.69 Å². The molecule has 0 saturated carbocycles. The van der Waals surface area contributed by atoms with Crippen molar-refractivity contribution in [2.45, 2.75) is 6.04 Å². The van der Waals surface area contributed by atoms with Crippen molar-refractivity contribution in [2.24, 2.45) is 7.05 Å². The molecule has 0 radical (unpaired) electrons. The number of aromatic nitrogens is 2.